The molecule has 5 aromatic rings. The fraction of sp³-hybridized carbons (Fsp3) is 0.171. The first-order valence-electron chi connectivity index (χ1n) is 14.9. The number of methoxy groups -OCH3 is 1. The van der Waals surface area contributed by atoms with E-state index in [1.54, 1.807) is 84.8 Å². The van der Waals surface area contributed by atoms with Crippen LogP contribution in [0.4, 0.5) is 20.6 Å². The predicted molar refractivity (Wildman–Crippen MR) is 175 cm³/mol. The Morgan fingerprint density at radius 1 is 0.830 bits per heavy atom. The van der Waals surface area contributed by atoms with Crippen LogP contribution >= 0.6 is 0 Å². The van der Waals surface area contributed by atoms with E-state index >= 15 is 0 Å². The number of amides is 4. The number of nitrogens with one attached hydrogen (secondary N) is 3. The number of H-pyrrole nitrogens is 1. The molecular weight excluding hydrogens is 603 g/mol. The fourth-order valence-corrected chi connectivity index (χ4v) is 5.41. The van der Waals surface area contributed by atoms with Crippen molar-refractivity contribution in [3.05, 3.63) is 130 Å². The maximum Gasteiger partial charge on any atom is 0.321 e. The van der Waals surface area contributed by atoms with Crippen LogP contribution in [0.3, 0.4) is 0 Å². The third-order valence-corrected chi connectivity index (χ3v) is 8.01. The van der Waals surface area contributed by atoms with Crippen LogP contribution in [0.25, 0.3) is 10.8 Å². The van der Waals surface area contributed by atoms with Crippen molar-refractivity contribution < 1.29 is 23.5 Å². The first-order valence-corrected chi connectivity index (χ1v) is 14.9. The van der Waals surface area contributed by atoms with E-state index < -0.39 is 11.7 Å². The van der Waals surface area contributed by atoms with Crippen LogP contribution in [0.2, 0.25) is 0 Å². The standard InChI is InChI=1S/C35H31FN6O5/c1-47-26-13-11-24(12-14-26)37-32(43)23-7-9-25(10-8-23)38-35(46)42-18-16-41(17-19-42)34(45)29-20-22(6-15-30(29)36)21-31-27-4-2-3-5-28(27)33(44)40-39-31/h2-15,20H,16-19,21H2,1H3,(H,37,43)(H,38,46)(H,40,44). The Morgan fingerprint density at radius 3 is 2.17 bits per heavy atom. The van der Waals surface area contributed by atoms with Gasteiger partial charge in [-0.1, -0.05) is 24.3 Å². The number of aromatic amines is 1. The molecule has 1 saturated heterocycles. The number of piperazine rings is 1. The number of halogens is 1. The number of rotatable bonds is 7. The molecular formula is C35H31FN6O5. The number of urea groups is 1. The first kappa shape index (κ1) is 31.0. The summed E-state index contributed by atoms with van der Waals surface area (Å²) < 4.78 is 20.0. The monoisotopic (exact) mass is 634 g/mol. The first-order chi connectivity index (χ1) is 22.8. The lowest BCUT2D eigenvalue weighted by molar-refractivity contribution is 0.0667. The van der Waals surface area contributed by atoms with E-state index in [4.69, 9.17) is 4.74 Å². The lowest BCUT2D eigenvalue weighted by atomic mass is 10.0. The van der Waals surface area contributed by atoms with Crippen molar-refractivity contribution in [1.82, 2.24) is 20.0 Å². The van der Waals surface area contributed by atoms with E-state index in [1.807, 2.05) is 6.07 Å². The Morgan fingerprint density at radius 2 is 1.47 bits per heavy atom. The summed E-state index contributed by atoms with van der Waals surface area (Å²) in [5.41, 5.74) is 2.47. The molecule has 11 nitrogen and oxygen atoms in total. The Bertz CT molecular complexity index is 2000. The van der Waals surface area contributed by atoms with Gasteiger partial charge in [0.25, 0.3) is 17.4 Å². The number of anilines is 2. The van der Waals surface area contributed by atoms with Crippen LogP contribution in [0.1, 0.15) is 32.0 Å². The van der Waals surface area contributed by atoms with E-state index in [0.29, 0.717) is 51.1 Å². The summed E-state index contributed by atoms with van der Waals surface area (Å²) in [6.07, 6.45) is 0.292. The Balaban J connectivity index is 1.03. The molecule has 0 bridgehead atoms. The largest absolute Gasteiger partial charge is 0.497 e. The summed E-state index contributed by atoms with van der Waals surface area (Å²) >= 11 is 0. The third kappa shape index (κ3) is 6.96. The minimum atomic E-state index is -0.640. The number of ether oxygens (including phenoxy) is 1. The summed E-state index contributed by atoms with van der Waals surface area (Å²) in [4.78, 5) is 54.1. The molecule has 4 aromatic carbocycles. The van der Waals surface area contributed by atoms with Gasteiger partial charge < -0.3 is 25.2 Å². The highest BCUT2D eigenvalue weighted by atomic mass is 19.1. The van der Waals surface area contributed by atoms with Crippen LogP contribution in [0.5, 0.6) is 5.75 Å². The zero-order valence-corrected chi connectivity index (χ0v) is 25.5. The molecule has 1 fully saturated rings. The molecule has 0 atom stereocenters. The van der Waals surface area contributed by atoms with Crippen molar-refractivity contribution in [2.24, 2.45) is 0 Å². The molecule has 12 heteroatoms. The molecule has 2 heterocycles. The third-order valence-electron chi connectivity index (χ3n) is 8.01. The Kier molecular flexibility index (Phi) is 8.91. The molecule has 4 amide bonds. The van der Waals surface area contributed by atoms with Crippen LogP contribution in [-0.2, 0) is 6.42 Å². The molecule has 3 N–H and O–H groups in total. The number of benzene rings is 4. The highest BCUT2D eigenvalue weighted by Crippen LogP contribution is 2.21. The van der Waals surface area contributed by atoms with Crippen molar-refractivity contribution in [2.75, 3.05) is 43.9 Å². The normalized spacial score (nSPS) is 12.9. The van der Waals surface area contributed by atoms with Gasteiger partial charge in [0.1, 0.15) is 11.6 Å². The lowest BCUT2D eigenvalue weighted by Gasteiger charge is -2.34. The van der Waals surface area contributed by atoms with Gasteiger partial charge >= 0.3 is 6.03 Å². The molecule has 47 heavy (non-hydrogen) atoms. The van der Waals surface area contributed by atoms with Crippen LogP contribution in [-0.4, -0.2) is 71.1 Å². The van der Waals surface area contributed by atoms with E-state index in [2.05, 4.69) is 20.8 Å². The molecule has 1 aliphatic rings. The smallest absolute Gasteiger partial charge is 0.321 e. The molecule has 1 aromatic heterocycles. The Labute approximate surface area is 269 Å². The SMILES string of the molecule is COc1ccc(NC(=O)c2ccc(NC(=O)N3CCN(C(=O)c4cc(Cc5n[nH]c(=O)c6ccccc56)ccc4F)CC3)cc2)cc1. The van der Waals surface area contributed by atoms with Crippen molar-refractivity contribution in [3.63, 3.8) is 0 Å². The van der Waals surface area contributed by atoms with Crippen LogP contribution < -0.4 is 20.9 Å². The second-order valence-corrected chi connectivity index (χ2v) is 11.0. The highest BCUT2D eigenvalue weighted by Gasteiger charge is 2.27. The van der Waals surface area contributed by atoms with E-state index in [-0.39, 0.29) is 49.2 Å². The van der Waals surface area contributed by atoms with Crippen LogP contribution in [0.15, 0.2) is 95.8 Å². The number of nitrogens with zero attached hydrogens (tertiary/aromatic N) is 3. The van der Waals surface area contributed by atoms with Gasteiger partial charge in [-0.3, -0.25) is 14.4 Å². The number of carbonyl (C=O) groups excluding carboxylic acids is 3. The number of carbonyl (C=O) groups is 3. The van der Waals surface area contributed by atoms with Gasteiger partial charge in [-0.25, -0.2) is 14.3 Å². The van der Waals surface area contributed by atoms with E-state index in [9.17, 15) is 23.6 Å². The number of hydrogen-bond acceptors (Lipinski definition) is 6. The zero-order chi connectivity index (χ0) is 32.9. The summed E-state index contributed by atoms with van der Waals surface area (Å²) in [6.45, 7) is 0.974. The second-order valence-electron chi connectivity index (χ2n) is 11.0. The molecule has 0 radical (unpaired) electrons. The van der Waals surface area contributed by atoms with Gasteiger partial charge in [-0.05, 0) is 72.3 Å². The van der Waals surface area contributed by atoms with Crippen molar-refractivity contribution in [3.8, 4) is 5.75 Å². The molecule has 0 saturated carbocycles. The minimum absolute atomic E-state index is 0.0646. The second kappa shape index (κ2) is 13.5. The minimum Gasteiger partial charge on any atom is -0.497 e. The topological polar surface area (TPSA) is 137 Å². The molecule has 1 aliphatic heterocycles. The molecule has 238 valence electrons. The van der Waals surface area contributed by atoms with Gasteiger partial charge in [0.05, 0.1) is 23.8 Å². The van der Waals surface area contributed by atoms with E-state index in [1.165, 1.54) is 17.0 Å². The highest BCUT2D eigenvalue weighted by molar-refractivity contribution is 6.04. The predicted octanol–water partition coefficient (Wildman–Crippen LogP) is 4.90. The van der Waals surface area contributed by atoms with E-state index in [0.717, 1.165) is 0 Å². The molecule has 0 spiro atoms. The van der Waals surface area contributed by atoms with Crippen molar-refractivity contribution in [1.29, 1.82) is 0 Å². The van der Waals surface area contributed by atoms with Gasteiger partial charge in [0.2, 0.25) is 0 Å². The average Bonchev–Trinajstić information content (AvgIpc) is 3.10. The molecule has 0 unspecified atom stereocenters. The number of aromatic nitrogens is 2. The maximum absolute atomic E-state index is 14.9. The van der Waals surface area contributed by atoms with Gasteiger partial charge in [-0.15, -0.1) is 0 Å². The maximum atomic E-state index is 14.9. The number of hydrogen-bond donors (Lipinski definition) is 3. The average molecular weight is 635 g/mol. The summed E-state index contributed by atoms with van der Waals surface area (Å²) in [5.74, 6) is -0.716. The zero-order valence-electron chi connectivity index (χ0n) is 25.5. The van der Waals surface area contributed by atoms with Gasteiger partial charge in [-0.2, -0.15) is 5.10 Å². The van der Waals surface area contributed by atoms with Crippen molar-refractivity contribution in [2.45, 2.75) is 6.42 Å². The molecule has 6 rings (SSSR count). The number of fused-ring (bicyclic) bond motifs is 1. The fourth-order valence-electron chi connectivity index (χ4n) is 5.41. The summed E-state index contributed by atoms with van der Waals surface area (Å²) in [5, 5.41) is 13.5. The Hall–Kier alpha value is -6.04. The molecule has 0 aliphatic carbocycles. The lowest BCUT2D eigenvalue weighted by Crippen LogP contribution is -2.51. The van der Waals surface area contributed by atoms with Gasteiger partial charge in [0.15, 0.2) is 0 Å². The quantitative estimate of drug-likeness (QED) is 0.233. The summed E-state index contributed by atoms with van der Waals surface area (Å²) in [6, 6.07) is 24.6. The van der Waals surface area contributed by atoms with Gasteiger partial charge in [0, 0.05) is 54.9 Å². The summed E-state index contributed by atoms with van der Waals surface area (Å²) in [7, 11) is 1.57. The van der Waals surface area contributed by atoms with Crippen molar-refractivity contribution >= 4 is 40.0 Å². The van der Waals surface area contributed by atoms with Crippen LogP contribution in [0, 0.1) is 5.82 Å².